The number of ether oxygens (including phenoxy) is 1. The quantitative estimate of drug-likeness (QED) is 0.603. The van der Waals surface area contributed by atoms with Gasteiger partial charge in [0.05, 0.1) is 16.5 Å². The van der Waals surface area contributed by atoms with Gasteiger partial charge in [-0.2, -0.15) is 0 Å². The molecule has 0 saturated carbocycles. The Balaban J connectivity index is 1.62. The number of carbonyl (C=O) groups excluding carboxylic acids is 2. The van der Waals surface area contributed by atoms with Crippen LogP contribution in [0.15, 0.2) is 57.7 Å². The molecule has 0 radical (unpaired) electrons. The largest absolute Gasteiger partial charge is 0.490 e. The zero-order chi connectivity index (χ0) is 23.8. The number of nitrogens with one attached hydrogen (secondary N) is 1. The summed E-state index contributed by atoms with van der Waals surface area (Å²) < 4.78 is 11.6. The molecule has 1 aromatic heterocycles. The van der Waals surface area contributed by atoms with E-state index in [0.717, 1.165) is 6.42 Å². The first-order valence-electron chi connectivity index (χ1n) is 11.1. The van der Waals surface area contributed by atoms with Crippen LogP contribution in [0.3, 0.4) is 0 Å². The van der Waals surface area contributed by atoms with Gasteiger partial charge >= 0.3 is 0 Å². The highest BCUT2D eigenvalue weighted by atomic mass is 16.5. The Kier molecular flexibility index (Phi) is 5.97. The van der Waals surface area contributed by atoms with Crippen molar-refractivity contribution in [1.82, 2.24) is 0 Å². The van der Waals surface area contributed by atoms with Crippen molar-refractivity contribution in [3.8, 4) is 5.75 Å². The van der Waals surface area contributed by atoms with Crippen molar-refractivity contribution in [2.45, 2.75) is 34.1 Å². The van der Waals surface area contributed by atoms with Crippen LogP contribution in [0.25, 0.3) is 11.0 Å². The minimum atomic E-state index is -0.673. The van der Waals surface area contributed by atoms with Gasteiger partial charge in [0.25, 0.3) is 5.91 Å². The molecule has 2 heterocycles. The number of para-hydroxylation sites is 1. The summed E-state index contributed by atoms with van der Waals surface area (Å²) in [4.78, 5) is 40.1. The Morgan fingerprint density at radius 2 is 1.88 bits per heavy atom. The lowest BCUT2D eigenvalue weighted by atomic mass is 9.92. The second-order valence-electron chi connectivity index (χ2n) is 9.42. The van der Waals surface area contributed by atoms with Crippen LogP contribution in [0.2, 0.25) is 0 Å². The van der Waals surface area contributed by atoms with E-state index in [1.54, 1.807) is 47.4 Å². The van der Waals surface area contributed by atoms with Crippen LogP contribution in [0.5, 0.6) is 5.75 Å². The average molecular weight is 449 g/mol. The molecule has 172 valence electrons. The van der Waals surface area contributed by atoms with Gasteiger partial charge in [0.2, 0.25) is 5.91 Å². The maximum Gasteiger partial charge on any atom is 0.291 e. The molecule has 0 spiro atoms. The van der Waals surface area contributed by atoms with E-state index < -0.39 is 11.3 Å². The van der Waals surface area contributed by atoms with E-state index in [2.05, 4.69) is 19.2 Å². The minimum Gasteiger partial charge on any atom is -0.490 e. The molecule has 7 nitrogen and oxygen atoms in total. The lowest BCUT2D eigenvalue weighted by molar-refractivity contribution is -0.127. The van der Waals surface area contributed by atoms with Gasteiger partial charge in [-0.1, -0.05) is 26.0 Å². The number of benzene rings is 2. The highest BCUT2D eigenvalue weighted by Gasteiger charge is 2.37. The van der Waals surface area contributed by atoms with Crippen LogP contribution in [-0.4, -0.2) is 25.0 Å². The lowest BCUT2D eigenvalue weighted by Gasteiger charge is -2.28. The molecule has 7 heteroatoms. The van der Waals surface area contributed by atoms with E-state index in [-0.39, 0.29) is 23.7 Å². The number of anilines is 2. The third kappa shape index (κ3) is 4.62. The predicted octanol–water partition coefficient (Wildman–Crippen LogP) is 4.84. The van der Waals surface area contributed by atoms with Crippen LogP contribution in [0.4, 0.5) is 11.4 Å². The summed E-state index contributed by atoms with van der Waals surface area (Å²) in [6.45, 7) is 8.80. The number of fused-ring (bicyclic) bond motifs is 2. The molecule has 0 unspecified atom stereocenters. The zero-order valence-electron chi connectivity index (χ0n) is 19.3. The number of rotatable bonds is 5. The fraction of sp³-hybridized carbons (Fsp3) is 0.346. The summed E-state index contributed by atoms with van der Waals surface area (Å²) in [6, 6.07) is 13.2. The SMILES string of the molecule is CC(C)CCN1C(=O)C(C)(C)COc2cc(NC(=O)c3cc(=O)c4ccccc4o3)ccc21. The molecule has 1 aliphatic rings. The number of hydrogen-bond donors (Lipinski definition) is 1. The van der Waals surface area contributed by atoms with Crippen molar-refractivity contribution in [2.24, 2.45) is 11.3 Å². The van der Waals surface area contributed by atoms with Crippen molar-refractivity contribution >= 4 is 34.2 Å². The molecule has 33 heavy (non-hydrogen) atoms. The smallest absolute Gasteiger partial charge is 0.291 e. The summed E-state index contributed by atoms with van der Waals surface area (Å²) in [5.74, 6) is 0.361. The van der Waals surface area contributed by atoms with Crippen molar-refractivity contribution in [3.63, 3.8) is 0 Å². The van der Waals surface area contributed by atoms with Gasteiger partial charge in [-0.3, -0.25) is 14.4 Å². The second kappa shape index (κ2) is 8.73. The van der Waals surface area contributed by atoms with Gasteiger partial charge in [-0.25, -0.2) is 0 Å². The Morgan fingerprint density at radius 1 is 1.12 bits per heavy atom. The fourth-order valence-electron chi connectivity index (χ4n) is 3.74. The third-order valence-corrected chi connectivity index (χ3v) is 5.71. The van der Waals surface area contributed by atoms with Gasteiger partial charge < -0.3 is 19.4 Å². The van der Waals surface area contributed by atoms with Crippen LogP contribution < -0.4 is 20.4 Å². The monoisotopic (exact) mass is 448 g/mol. The maximum absolute atomic E-state index is 13.2. The number of amides is 2. The molecule has 0 aliphatic carbocycles. The first-order valence-corrected chi connectivity index (χ1v) is 11.1. The number of hydrogen-bond acceptors (Lipinski definition) is 5. The van der Waals surface area contributed by atoms with Crippen molar-refractivity contribution in [3.05, 3.63) is 64.5 Å². The third-order valence-electron chi connectivity index (χ3n) is 5.71. The van der Waals surface area contributed by atoms with Crippen LogP contribution in [-0.2, 0) is 4.79 Å². The Labute approximate surface area is 192 Å². The molecule has 2 amide bonds. The standard InChI is InChI=1S/C26H28N2O5/c1-16(2)11-12-28-19-10-9-17(13-22(19)32-15-26(3,4)25(28)31)27-24(30)23-14-20(29)18-7-5-6-8-21(18)33-23/h5-10,13-14,16H,11-12,15H2,1-4H3,(H,27,30). The van der Waals surface area contributed by atoms with Gasteiger partial charge in [-0.05, 0) is 50.5 Å². The Bertz CT molecular complexity index is 1280. The fourth-order valence-corrected chi connectivity index (χ4v) is 3.74. The van der Waals surface area contributed by atoms with Crippen LogP contribution >= 0.6 is 0 Å². The molecule has 1 N–H and O–H groups in total. The highest BCUT2D eigenvalue weighted by Crippen LogP contribution is 2.38. The summed E-state index contributed by atoms with van der Waals surface area (Å²) in [7, 11) is 0. The van der Waals surface area contributed by atoms with E-state index in [4.69, 9.17) is 9.15 Å². The first kappa shape index (κ1) is 22.6. The molecule has 1 aliphatic heterocycles. The number of carbonyl (C=O) groups is 2. The van der Waals surface area contributed by atoms with E-state index in [1.165, 1.54) is 6.07 Å². The average Bonchev–Trinajstić information content (AvgIpc) is 2.86. The lowest BCUT2D eigenvalue weighted by Crippen LogP contribution is -2.42. The molecule has 0 bridgehead atoms. The van der Waals surface area contributed by atoms with Crippen LogP contribution in [0, 0.1) is 11.3 Å². The second-order valence-corrected chi connectivity index (χ2v) is 9.42. The van der Waals surface area contributed by atoms with Gasteiger partial charge in [0, 0.05) is 24.4 Å². The first-order chi connectivity index (χ1) is 15.7. The minimum absolute atomic E-state index is 0.0108. The Morgan fingerprint density at radius 3 is 2.64 bits per heavy atom. The van der Waals surface area contributed by atoms with E-state index in [0.29, 0.717) is 40.6 Å². The van der Waals surface area contributed by atoms with Crippen molar-refractivity contribution < 1.29 is 18.7 Å². The van der Waals surface area contributed by atoms with Crippen LogP contribution in [0.1, 0.15) is 44.7 Å². The normalized spacial score (nSPS) is 15.2. The van der Waals surface area contributed by atoms with Crippen molar-refractivity contribution in [1.29, 1.82) is 0 Å². The van der Waals surface area contributed by atoms with E-state index >= 15 is 0 Å². The molecule has 0 saturated heterocycles. The molecule has 2 aromatic carbocycles. The molecular formula is C26H28N2O5. The van der Waals surface area contributed by atoms with Gasteiger partial charge in [0.15, 0.2) is 11.2 Å². The van der Waals surface area contributed by atoms with Gasteiger partial charge in [-0.15, -0.1) is 0 Å². The molecular weight excluding hydrogens is 420 g/mol. The molecule has 3 aromatic rings. The van der Waals surface area contributed by atoms with E-state index in [1.807, 2.05) is 13.8 Å². The summed E-state index contributed by atoms with van der Waals surface area (Å²) in [5.41, 5.74) is 0.552. The molecule has 4 rings (SSSR count). The summed E-state index contributed by atoms with van der Waals surface area (Å²) >= 11 is 0. The Hall–Kier alpha value is -3.61. The number of nitrogens with zero attached hydrogens (tertiary/aromatic N) is 1. The van der Waals surface area contributed by atoms with Gasteiger partial charge in [0.1, 0.15) is 17.9 Å². The predicted molar refractivity (Wildman–Crippen MR) is 128 cm³/mol. The highest BCUT2D eigenvalue weighted by molar-refractivity contribution is 6.04. The van der Waals surface area contributed by atoms with Crippen molar-refractivity contribution in [2.75, 3.05) is 23.4 Å². The molecule has 0 fully saturated rings. The van der Waals surface area contributed by atoms with E-state index in [9.17, 15) is 14.4 Å². The zero-order valence-corrected chi connectivity index (χ0v) is 19.3. The summed E-state index contributed by atoms with van der Waals surface area (Å²) in [5, 5.41) is 3.18. The summed E-state index contributed by atoms with van der Waals surface area (Å²) in [6.07, 6.45) is 0.862. The maximum atomic E-state index is 13.2. The topological polar surface area (TPSA) is 88.9 Å². The molecule has 0 atom stereocenters.